The van der Waals surface area contributed by atoms with Gasteiger partial charge in [0.1, 0.15) is 0 Å². The summed E-state index contributed by atoms with van der Waals surface area (Å²) in [6.07, 6.45) is 5.92. The van der Waals surface area contributed by atoms with E-state index in [0.717, 1.165) is 25.1 Å². The van der Waals surface area contributed by atoms with Crippen LogP contribution in [0.3, 0.4) is 0 Å². The monoisotopic (exact) mass is 272 g/mol. The average molecular weight is 272 g/mol. The smallest absolute Gasteiger partial charge is 0.0596 e. The average Bonchev–Trinajstić information content (AvgIpc) is 2.72. The van der Waals surface area contributed by atoms with E-state index in [1.807, 2.05) is 31.0 Å². The Hall–Kier alpha value is -1.68. The fraction of sp³-hybridized carbons (Fsp3) is 0.500. The van der Waals surface area contributed by atoms with E-state index >= 15 is 0 Å². The Bertz CT molecular complexity index is 559. The molecule has 0 bridgehead atoms. The Morgan fingerprint density at radius 1 is 1.25 bits per heavy atom. The van der Waals surface area contributed by atoms with Gasteiger partial charge in [-0.25, -0.2) is 0 Å². The van der Waals surface area contributed by atoms with Gasteiger partial charge in [0.2, 0.25) is 0 Å². The molecular formula is C16H24N4. The molecule has 4 heteroatoms. The molecule has 2 aromatic heterocycles. The third-order valence-electron chi connectivity index (χ3n) is 3.45. The molecule has 0 amide bonds. The minimum atomic E-state index is 0.289. The topological polar surface area (TPSA) is 42.7 Å². The van der Waals surface area contributed by atoms with Crippen LogP contribution in [0.1, 0.15) is 41.9 Å². The van der Waals surface area contributed by atoms with Crippen molar-refractivity contribution in [2.75, 3.05) is 6.54 Å². The summed E-state index contributed by atoms with van der Waals surface area (Å²) in [5.74, 6) is 0. The lowest BCUT2D eigenvalue weighted by molar-refractivity contribution is 0.511. The van der Waals surface area contributed by atoms with Crippen molar-refractivity contribution in [2.24, 2.45) is 7.05 Å². The highest BCUT2D eigenvalue weighted by Crippen LogP contribution is 2.19. The Kier molecular flexibility index (Phi) is 4.90. The van der Waals surface area contributed by atoms with Crippen molar-refractivity contribution in [1.82, 2.24) is 20.1 Å². The second-order valence-electron chi connectivity index (χ2n) is 5.41. The third kappa shape index (κ3) is 3.67. The van der Waals surface area contributed by atoms with Gasteiger partial charge in [0.25, 0.3) is 0 Å². The molecule has 20 heavy (non-hydrogen) atoms. The summed E-state index contributed by atoms with van der Waals surface area (Å²) in [5.41, 5.74) is 4.76. The molecule has 0 radical (unpaired) electrons. The highest BCUT2D eigenvalue weighted by atomic mass is 15.3. The zero-order valence-electron chi connectivity index (χ0n) is 12.8. The minimum absolute atomic E-state index is 0.289. The number of nitrogens with one attached hydrogen (secondary N) is 1. The summed E-state index contributed by atoms with van der Waals surface area (Å²) in [7, 11) is 2.01. The van der Waals surface area contributed by atoms with Gasteiger partial charge in [0.05, 0.1) is 5.69 Å². The Morgan fingerprint density at radius 2 is 2.05 bits per heavy atom. The molecule has 1 atom stereocenters. The van der Waals surface area contributed by atoms with Gasteiger partial charge >= 0.3 is 0 Å². The van der Waals surface area contributed by atoms with Crippen molar-refractivity contribution >= 4 is 0 Å². The first-order valence-corrected chi connectivity index (χ1v) is 7.24. The lowest BCUT2D eigenvalue weighted by Gasteiger charge is -2.19. The Morgan fingerprint density at radius 3 is 2.65 bits per heavy atom. The molecule has 0 saturated heterocycles. The maximum Gasteiger partial charge on any atom is 0.0596 e. The Balaban J connectivity index is 2.21. The van der Waals surface area contributed by atoms with Gasteiger partial charge in [-0.05, 0) is 44.0 Å². The first-order chi connectivity index (χ1) is 9.60. The van der Waals surface area contributed by atoms with Crippen LogP contribution in [0.2, 0.25) is 0 Å². The third-order valence-corrected chi connectivity index (χ3v) is 3.45. The number of pyridine rings is 1. The van der Waals surface area contributed by atoms with Crippen LogP contribution in [-0.2, 0) is 13.5 Å². The molecule has 0 aliphatic heterocycles. The molecule has 0 spiro atoms. The molecule has 1 unspecified atom stereocenters. The standard InChI is InChI=1S/C16H24N4/c1-5-6-18-16(14-7-12(2)10-17-11-14)9-15-8-13(3)19-20(15)4/h7-8,10-11,16,18H,5-6,9H2,1-4H3. The van der Waals surface area contributed by atoms with Crippen LogP contribution >= 0.6 is 0 Å². The van der Waals surface area contributed by atoms with Crippen molar-refractivity contribution in [3.05, 3.63) is 47.0 Å². The molecule has 2 aromatic rings. The van der Waals surface area contributed by atoms with Crippen LogP contribution in [0, 0.1) is 13.8 Å². The van der Waals surface area contributed by atoms with Crippen molar-refractivity contribution in [3.8, 4) is 0 Å². The minimum Gasteiger partial charge on any atom is -0.310 e. The van der Waals surface area contributed by atoms with E-state index in [4.69, 9.17) is 0 Å². The van der Waals surface area contributed by atoms with E-state index in [1.165, 1.54) is 16.8 Å². The summed E-state index contributed by atoms with van der Waals surface area (Å²) < 4.78 is 1.97. The van der Waals surface area contributed by atoms with Gasteiger partial charge < -0.3 is 5.32 Å². The van der Waals surface area contributed by atoms with E-state index in [-0.39, 0.29) is 6.04 Å². The predicted molar refractivity (Wildman–Crippen MR) is 81.7 cm³/mol. The summed E-state index contributed by atoms with van der Waals surface area (Å²) in [5, 5.41) is 8.05. The van der Waals surface area contributed by atoms with E-state index < -0.39 is 0 Å². The molecule has 0 fully saturated rings. The van der Waals surface area contributed by atoms with Gasteiger partial charge in [0.15, 0.2) is 0 Å². The number of aromatic nitrogens is 3. The normalized spacial score (nSPS) is 12.6. The first-order valence-electron chi connectivity index (χ1n) is 7.24. The number of rotatable bonds is 6. The Labute approximate surface area is 121 Å². The largest absolute Gasteiger partial charge is 0.310 e. The number of hydrogen-bond donors (Lipinski definition) is 1. The van der Waals surface area contributed by atoms with Gasteiger partial charge in [0, 0.05) is 37.6 Å². The molecule has 4 nitrogen and oxygen atoms in total. The van der Waals surface area contributed by atoms with Crippen LogP contribution in [0.25, 0.3) is 0 Å². The summed E-state index contributed by atoms with van der Waals surface area (Å²) in [6.45, 7) is 7.32. The van der Waals surface area contributed by atoms with Crippen LogP contribution < -0.4 is 5.32 Å². The molecule has 108 valence electrons. The highest BCUT2D eigenvalue weighted by molar-refractivity contribution is 5.22. The lowest BCUT2D eigenvalue weighted by Crippen LogP contribution is -2.25. The molecule has 0 aliphatic carbocycles. The maximum atomic E-state index is 4.43. The van der Waals surface area contributed by atoms with Crippen molar-refractivity contribution in [1.29, 1.82) is 0 Å². The molecule has 0 aliphatic rings. The second kappa shape index (κ2) is 6.66. The zero-order valence-corrected chi connectivity index (χ0v) is 12.8. The first kappa shape index (κ1) is 14.7. The summed E-state index contributed by atoms with van der Waals surface area (Å²) in [6, 6.07) is 4.66. The maximum absolute atomic E-state index is 4.43. The number of aryl methyl sites for hydroxylation is 3. The van der Waals surface area contributed by atoms with Crippen LogP contribution in [0.5, 0.6) is 0 Å². The van der Waals surface area contributed by atoms with E-state index in [1.54, 1.807) is 0 Å². The number of nitrogens with zero attached hydrogens (tertiary/aromatic N) is 3. The van der Waals surface area contributed by atoms with Gasteiger partial charge in [-0.1, -0.05) is 13.0 Å². The molecule has 2 rings (SSSR count). The van der Waals surface area contributed by atoms with E-state index in [9.17, 15) is 0 Å². The predicted octanol–water partition coefficient (Wildman–Crippen LogP) is 2.72. The molecule has 1 N–H and O–H groups in total. The van der Waals surface area contributed by atoms with Gasteiger partial charge in [-0.2, -0.15) is 5.10 Å². The van der Waals surface area contributed by atoms with E-state index in [2.05, 4.69) is 41.4 Å². The van der Waals surface area contributed by atoms with Crippen LogP contribution in [-0.4, -0.2) is 21.3 Å². The molecule has 0 aromatic carbocycles. The van der Waals surface area contributed by atoms with E-state index in [0.29, 0.717) is 0 Å². The summed E-state index contributed by atoms with van der Waals surface area (Å²) in [4.78, 5) is 4.32. The fourth-order valence-electron chi connectivity index (χ4n) is 2.46. The quantitative estimate of drug-likeness (QED) is 0.879. The molecule has 2 heterocycles. The van der Waals surface area contributed by atoms with Gasteiger partial charge in [-0.3, -0.25) is 9.67 Å². The SMILES string of the molecule is CCCNC(Cc1cc(C)nn1C)c1cncc(C)c1. The molecular weight excluding hydrogens is 248 g/mol. The van der Waals surface area contributed by atoms with Gasteiger partial charge in [-0.15, -0.1) is 0 Å². The van der Waals surface area contributed by atoms with Crippen LogP contribution in [0.4, 0.5) is 0 Å². The zero-order chi connectivity index (χ0) is 14.5. The fourth-order valence-corrected chi connectivity index (χ4v) is 2.46. The summed E-state index contributed by atoms with van der Waals surface area (Å²) >= 11 is 0. The van der Waals surface area contributed by atoms with Crippen molar-refractivity contribution < 1.29 is 0 Å². The highest BCUT2D eigenvalue weighted by Gasteiger charge is 2.14. The molecule has 0 saturated carbocycles. The van der Waals surface area contributed by atoms with Crippen LogP contribution in [0.15, 0.2) is 24.5 Å². The second-order valence-corrected chi connectivity index (χ2v) is 5.41. The number of hydrogen-bond acceptors (Lipinski definition) is 3. The van der Waals surface area contributed by atoms with Crippen molar-refractivity contribution in [2.45, 2.75) is 39.7 Å². The van der Waals surface area contributed by atoms with Crippen molar-refractivity contribution in [3.63, 3.8) is 0 Å². The lowest BCUT2D eigenvalue weighted by atomic mass is 10.0.